The quantitative estimate of drug-likeness (QED) is 0.376. The Kier molecular flexibility index (Phi) is 8.85. The zero-order chi connectivity index (χ0) is 22.1. The van der Waals surface area contributed by atoms with Crippen molar-refractivity contribution in [3.63, 3.8) is 0 Å². The van der Waals surface area contributed by atoms with Crippen molar-refractivity contribution in [1.82, 2.24) is 29.9 Å². The molecule has 1 aromatic heterocycles. The van der Waals surface area contributed by atoms with Gasteiger partial charge in [-0.15, -0.1) is 10.2 Å². The third kappa shape index (κ3) is 7.04. The lowest BCUT2D eigenvalue weighted by Gasteiger charge is -2.36. The van der Waals surface area contributed by atoms with Gasteiger partial charge in [-0.05, 0) is 32.8 Å². The van der Waals surface area contributed by atoms with Gasteiger partial charge in [0.15, 0.2) is 11.8 Å². The van der Waals surface area contributed by atoms with Crippen LogP contribution in [0.25, 0.3) is 0 Å². The van der Waals surface area contributed by atoms with Gasteiger partial charge in [0.25, 0.3) is 0 Å². The van der Waals surface area contributed by atoms with Gasteiger partial charge >= 0.3 is 0 Å². The number of benzene rings is 1. The third-order valence-electron chi connectivity index (χ3n) is 5.67. The second kappa shape index (κ2) is 11.8. The van der Waals surface area contributed by atoms with E-state index < -0.39 is 0 Å². The highest BCUT2D eigenvalue weighted by Crippen LogP contribution is 2.11. The molecule has 0 saturated carbocycles. The van der Waals surface area contributed by atoms with Gasteiger partial charge in [-0.3, -0.25) is 4.90 Å². The summed E-state index contributed by atoms with van der Waals surface area (Å²) in [6.45, 7) is 14.0. The molecule has 0 amide bonds. The lowest BCUT2D eigenvalue weighted by molar-refractivity contribution is 0.145. The molecule has 3 rings (SSSR count). The van der Waals surface area contributed by atoms with Crippen LogP contribution in [0.15, 0.2) is 29.3 Å². The van der Waals surface area contributed by atoms with E-state index in [0.717, 1.165) is 76.5 Å². The molecule has 0 radical (unpaired) electrons. The zero-order valence-corrected chi connectivity index (χ0v) is 19.5. The number of rotatable bonds is 9. The predicted molar refractivity (Wildman–Crippen MR) is 124 cm³/mol. The molecule has 1 N–H and O–H groups in total. The van der Waals surface area contributed by atoms with E-state index in [2.05, 4.69) is 56.5 Å². The minimum absolute atomic E-state index is 0.522. The average molecular weight is 428 g/mol. The van der Waals surface area contributed by atoms with Crippen LogP contribution in [0, 0.1) is 13.8 Å². The number of hydrogen-bond acceptors (Lipinski definition) is 5. The maximum absolute atomic E-state index is 5.47. The average Bonchev–Trinajstić information content (AvgIpc) is 3.08. The Bertz CT molecular complexity index is 840. The van der Waals surface area contributed by atoms with E-state index in [9.17, 15) is 0 Å². The first-order chi connectivity index (χ1) is 15.1. The van der Waals surface area contributed by atoms with E-state index in [1.165, 1.54) is 11.1 Å². The number of aromatic nitrogens is 3. The van der Waals surface area contributed by atoms with Gasteiger partial charge in [-0.25, -0.2) is 4.99 Å². The number of aryl methyl sites for hydroxylation is 2. The molecular formula is C23H37N7O. The van der Waals surface area contributed by atoms with E-state index in [-0.39, 0.29) is 0 Å². The van der Waals surface area contributed by atoms with Crippen molar-refractivity contribution >= 4 is 5.96 Å². The van der Waals surface area contributed by atoms with Crippen molar-refractivity contribution in [2.45, 2.75) is 40.3 Å². The zero-order valence-electron chi connectivity index (χ0n) is 19.5. The molecule has 0 atom stereocenters. The maximum atomic E-state index is 5.47. The van der Waals surface area contributed by atoms with E-state index in [0.29, 0.717) is 6.54 Å². The lowest BCUT2D eigenvalue weighted by Crippen LogP contribution is -2.52. The molecule has 31 heavy (non-hydrogen) atoms. The molecule has 2 heterocycles. The van der Waals surface area contributed by atoms with Crippen LogP contribution in [0.4, 0.5) is 0 Å². The number of ether oxygens (including phenoxy) is 1. The Hall–Kier alpha value is -2.45. The van der Waals surface area contributed by atoms with Gasteiger partial charge in [-0.1, -0.05) is 29.8 Å². The molecule has 0 aliphatic carbocycles. The molecule has 1 aliphatic heterocycles. The number of nitrogens with one attached hydrogen (secondary N) is 1. The van der Waals surface area contributed by atoms with Crippen LogP contribution in [0.3, 0.4) is 0 Å². The van der Waals surface area contributed by atoms with Crippen LogP contribution in [-0.2, 0) is 24.9 Å². The van der Waals surface area contributed by atoms with Gasteiger partial charge in [0.2, 0.25) is 0 Å². The molecule has 0 spiro atoms. The first kappa shape index (κ1) is 23.2. The minimum Gasteiger partial charge on any atom is -0.382 e. The molecular weight excluding hydrogens is 390 g/mol. The number of aliphatic imine (C=N–C) groups is 1. The molecule has 1 aromatic carbocycles. The van der Waals surface area contributed by atoms with E-state index in [4.69, 9.17) is 9.73 Å². The van der Waals surface area contributed by atoms with Crippen LogP contribution in [0.5, 0.6) is 0 Å². The van der Waals surface area contributed by atoms with Gasteiger partial charge in [-0.2, -0.15) is 0 Å². The summed E-state index contributed by atoms with van der Waals surface area (Å²) in [5.41, 5.74) is 2.70. The fourth-order valence-corrected chi connectivity index (χ4v) is 3.71. The third-order valence-corrected chi connectivity index (χ3v) is 5.67. The van der Waals surface area contributed by atoms with Crippen molar-refractivity contribution in [3.05, 3.63) is 47.0 Å². The molecule has 0 unspecified atom stereocenters. The molecule has 170 valence electrons. The summed E-state index contributed by atoms with van der Waals surface area (Å²) in [7, 11) is 1.99. The fraction of sp³-hybridized carbons (Fsp3) is 0.609. The molecule has 1 fully saturated rings. The van der Waals surface area contributed by atoms with E-state index in [1.807, 2.05) is 25.5 Å². The Balaban J connectivity index is 1.57. The number of hydrogen-bond donors (Lipinski definition) is 1. The molecule has 1 saturated heterocycles. The molecule has 8 heteroatoms. The summed E-state index contributed by atoms with van der Waals surface area (Å²) in [6.07, 6.45) is 0.962. The normalized spacial score (nSPS) is 15.5. The van der Waals surface area contributed by atoms with Gasteiger partial charge in [0, 0.05) is 59.5 Å². The molecule has 2 aromatic rings. The number of guanidine groups is 1. The highest BCUT2D eigenvalue weighted by molar-refractivity contribution is 5.80. The summed E-state index contributed by atoms with van der Waals surface area (Å²) in [6, 6.07) is 8.79. The van der Waals surface area contributed by atoms with Crippen molar-refractivity contribution in [3.8, 4) is 0 Å². The smallest absolute Gasteiger partial charge is 0.194 e. The van der Waals surface area contributed by atoms with Gasteiger partial charge < -0.3 is 19.5 Å². The van der Waals surface area contributed by atoms with Crippen LogP contribution < -0.4 is 5.32 Å². The van der Waals surface area contributed by atoms with Crippen LogP contribution in [0.1, 0.15) is 36.1 Å². The Morgan fingerprint density at radius 2 is 1.97 bits per heavy atom. The van der Waals surface area contributed by atoms with Gasteiger partial charge in [0.1, 0.15) is 12.4 Å². The van der Waals surface area contributed by atoms with Crippen molar-refractivity contribution < 1.29 is 4.74 Å². The van der Waals surface area contributed by atoms with Crippen LogP contribution >= 0.6 is 0 Å². The van der Waals surface area contributed by atoms with Crippen molar-refractivity contribution in [1.29, 1.82) is 0 Å². The molecule has 8 nitrogen and oxygen atoms in total. The largest absolute Gasteiger partial charge is 0.382 e. The second-order valence-corrected chi connectivity index (χ2v) is 8.09. The van der Waals surface area contributed by atoms with Crippen LogP contribution in [0.2, 0.25) is 0 Å². The summed E-state index contributed by atoms with van der Waals surface area (Å²) in [4.78, 5) is 9.75. The first-order valence-corrected chi connectivity index (χ1v) is 11.3. The number of piperazine rings is 1. The topological polar surface area (TPSA) is 70.8 Å². The Morgan fingerprint density at radius 3 is 2.65 bits per heavy atom. The second-order valence-electron chi connectivity index (χ2n) is 8.09. The van der Waals surface area contributed by atoms with Crippen molar-refractivity contribution in [2.75, 3.05) is 45.9 Å². The molecule has 0 bridgehead atoms. The summed E-state index contributed by atoms with van der Waals surface area (Å²) < 4.78 is 7.46. The van der Waals surface area contributed by atoms with E-state index in [1.54, 1.807) is 0 Å². The first-order valence-electron chi connectivity index (χ1n) is 11.3. The summed E-state index contributed by atoms with van der Waals surface area (Å²) in [5.74, 6) is 2.73. The Morgan fingerprint density at radius 1 is 1.16 bits per heavy atom. The lowest BCUT2D eigenvalue weighted by atomic mass is 10.1. The highest BCUT2D eigenvalue weighted by atomic mass is 16.5. The fourth-order valence-electron chi connectivity index (χ4n) is 3.71. The predicted octanol–water partition coefficient (Wildman–Crippen LogP) is 2.12. The van der Waals surface area contributed by atoms with Crippen LogP contribution in [-0.4, -0.2) is 76.5 Å². The SMILES string of the molecule is CCOCCCNC(=NCc1nnc(C)n1C)N1CCN(Cc2cccc(C)c2)CC1. The molecule has 1 aliphatic rings. The van der Waals surface area contributed by atoms with Gasteiger partial charge in [0.05, 0.1) is 0 Å². The number of nitrogens with zero attached hydrogens (tertiary/aromatic N) is 6. The standard InChI is InChI=1S/C23H37N7O/c1-5-31-15-7-10-24-23(25-17-22-27-26-20(3)28(22)4)30-13-11-29(12-14-30)18-21-9-6-8-19(2)16-21/h6,8-9,16H,5,7,10-15,17-18H2,1-4H3,(H,24,25). The minimum atomic E-state index is 0.522. The Labute approximate surface area is 186 Å². The summed E-state index contributed by atoms with van der Waals surface area (Å²) in [5, 5.41) is 11.9. The monoisotopic (exact) mass is 427 g/mol. The maximum Gasteiger partial charge on any atom is 0.194 e. The van der Waals surface area contributed by atoms with Crippen molar-refractivity contribution in [2.24, 2.45) is 12.0 Å². The highest BCUT2D eigenvalue weighted by Gasteiger charge is 2.20. The summed E-state index contributed by atoms with van der Waals surface area (Å²) >= 11 is 0. The van der Waals surface area contributed by atoms with E-state index >= 15 is 0 Å².